The Kier molecular flexibility index (Phi) is 5.07. The summed E-state index contributed by atoms with van der Waals surface area (Å²) in [6.07, 6.45) is 5.16. The predicted molar refractivity (Wildman–Crippen MR) is 103 cm³/mol. The van der Waals surface area contributed by atoms with Crippen molar-refractivity contribution in [2.75, 3.05) is 18.5 Å². The lowest BCUT2D eigenvalue weighted by Gasteiger charge is -2.39. The zero-order valence-corrected chi connectivity index (χ0v) is 16.1. The molecule has 4 rings (SSSR count). The van der Waals surface area contributed by atoms with Gasteiger partial charge in [0.2, 0.25) is 0 Å². The first-order valence-electron chi connectivity index (χ1n) is 9.63. The van der Waals surface area contributed by atoms with Crippen LogP contribution in [-0.4, -0.2) is 61.1 Å². The smallest absolute Gasteiger partial charge is 0.408 e. The van der Waals surface area contributed by atoms with Gasteiger partial charge in [0, 0.05) is 24.6 Å². The fraction of sp³-hybridized carbons (Fsp3) is 0.526. The van der Waals surface area contributed by atoms with Crippen LogP contribution in [0.15, 0.2) is 18.5 Å². The van der Waals surface area contributed by atoms with Gasteiger partial charge >= 0.3 is 6.09 Å². The number of carboxylic acid groups (broad SMARTS) is 1. The Balaban J connectivity index is 1.42. The van der Waals surface area contributed by atoms with Gasteiger partial charge in [-0.2, -0.15) is 10.4 Å². The molecule has 152 valence electrons. The summed E-state index contributed by atoms with van der Waals surface area (Å²) in [5.74, 6) is 1.37. The van der Waals surface area contributed by atoms with E-state index in [1.54, 1.807) is 4.90 Å². The lowest BCUT2D eigenvalue weighted by molar-refractivity contribution is 0.0444. The molecule has 10 heteroatoms. The molecule has 2 aromatic heterocycles. The highest BCUT2D eigenvalue weighted by Crippen LogP contribution is 2.40. The minimum atomic E-state index is -0.882. The fourth-order valence-electron chi connectivity index (χ4n) is 4.33. The van der Waals surface area contributed by atoms with Crippen LogP contribution < -0.4 is 5.32 Å². The second kappa shape index (κ2) is 7.67. The van der Waals surface area contributed by atoms with Crippen molar-refractivity contribution >= 4 is 17.7 Å². The number of carbonyl (C=O) groups is 1. The van der Waals surface area contributed by atoms with Crippen molar-refractivity contribution in [1.29, 1.82) is 5.26 Å². The number of rotatable bonds is 5. The minimum Gasteiger partial charge on any atom is -0.465 e. The topological polar surface area (TPSA) is 140 Å². The summed E-state index contributed by atoms with van der Waals surface area (Å²) in [6, 6.07) is 3.80. The highest BCUT2D eigenvalue weighted by molar-refractivity contribution is 5.67. The molecule has 0 radical (unpaired) electrons. The van der Waals surface area contributed by atoms with Gasteiger partial charge in [0.25, 0.3) is 0 Å². The number of aromatic amines is 1. The summed E-state index contributed by atoms with van der Waals surface area (Å²) in [5, 5.41) is 29.0. The third kappa shape index (κ3) is 3.86. The van der Waals surface area contributed by atoms with E-state index in [0.717, 1.165) is 31.4 Å². The summed E-state index contributed by atoms with van der Waals surface area (Å²) in [7, 11) is 0. The summed E-state index contributed by atoms with van der Waals surface area (Å²) in [5.41, 5.74) is 0.690. The van der Waals surface area contributed by atoms with Gasteiger partial charge < -0.3 is 15.2 Å². The number of anilines is 2. The quantitative estimate of drug-likeness (QED) is 0.699. The molecule has 1 saturated heterocycles. The monoisotopic (exact) mass is 397 g/mol. The number of nitriles is 1. The van der Waals surface area contributed by atoms with E-state index < -0.39 is 11.6 Å². The van der Waals surface area contributed by atoms with Crippen LogP contribution in [0.1, 0.15) is 49.9 Å². The Labute approximate surface area is 167 Å². The number of hydrogen-bond donors (Lipinski definition) is 3. The molecule has 0 bridgehead atoms. The number of ether oxygens (including phenoxy) is 1. The van der Waals surface area contributed by atoms with Gasteiger partial charge in [-0.1, -0.05) is 0 Å². The van der Waals surface area contributed by atoms with Crippen LogP contribution in [0.4, 0.5) is 16.4 Å². The zero-order chi connectivity index (χ0) is 20.4. The maximum atomic E-state index is 12.0. The van der Waals surface area contributed by atoms with Crippen molar-refractivity contribution in [3.05, 3.63) is 29.8 Å². The van der Waals surface area contributed by atoms with Gasteiger partial charge in [0.1, 0.15) is 17.7 Å². The first kappa shape index (κ1) is 19.1. The van der Waals surface area contributed by atoms with Gasteiger partial charge in [-0.25, -0.2) is 14.8 Å². The molecule has 0 spiro atoms. The molecule has 1 saturated carbocycles. The van der Waals surface area contributed by atoms with E-state index in [4.69, 9.17) is 10.00 Å². The molecule has 2 aromatic rings. The number of aromatic nitrogens is 4. The van der Waals surface area contributed by atoms with Gasteiger partial charge in [0.15, 0.2) is 5.69 Å². The summed E-state index contributed by atoms with van der Waals surface area (Å²) in [6.45, 7) is 3.02. The molecule has 3 atom stereocenters. The molecule has 2 fully saturated rings. The molecule has 0 aromatic carbocycles. The largest absolute Gasteiger partial charge is 0.465 e. The molecule has 1 aliphatic carbocycles. The molecule has 1 amide bonds. The number of amides is 1. The van der Waals surface area contributed by atoms with Crippen molar-refractivity contribution in [1.82, 2.24) is 25.1 Å². The highest BCUT2D eigenvalue weighted by atomic mass is 16.5. The van der Waals surface area contributed by atoms with Gasteiger partial charge in [0.05, 0.1) is 30.2 Å². The first-order chi connectivity index (χ1) is 14.0. The minimum absolute atomic E-state index is 0.0401. The van der Waals surface area contributed by atoms with Gasteiger partial charge in [-0.15, -0.1) is 0 Å². The van der Waals surface area contributed by atoms with Crippen LogP contribution in [-0.2, 0) is 4.74 Å². The molecule has 3 heterocycles. The second-order valence-corrected chi connectivity index (χ2v) is 7.85. The molecule has 1 aliphatic heterocycles. The average molecular weight is 397 g/mol. The molecular formula is C19H23N7O3. The van der Waals surface area contributed by atoms with Gasteiger partial charge in [-0.3, -0.25) is 10.00 Å². The molecular weight excluding hydrogens is 374 g/mol. The molecule has 10 nitrogen and oxygen atoms in total. The number of nitrogens with one attached hydrogen (secondary N) is 2. The van der Waals surface area contributed by atoms with E-state index in [0.29, 0.717) is 24.8 Å². The molecule has 3 N–H and O–H groups in total. The van der Waals surface area contributed by atoms with Crippen molar-refractivity contribution < 1.29 is 14.6 Å². The van der Waals surface area contributed by atoms with E-state index in [-0.39, 0.29) is 17.7 Å². The standard InChI is InChI=1S/C19H23N7O3/c1-19(4-5-29-11-19)26(18(27)28)14-3-2-12(6-14)15-7-16(25-24-15)23-17-10-21-13(8-20)9-22-17/h7,9-10,12,14H,2-6,11H2,1H3,(H,27,28)(H2,22,23,24,25)/t12-,14+,19+/m0/s1. The van der Waals surface area contributed by atoms with Crippen molar-refractivity contribution in [3.63, 3.8) is 0 Å². The van der Waals surface area contributed by atoms with Gasteiger partial charge in [-0.05, 0) is 32.6 Å². The Hall–Kier alpha value is -3.19. The summed E-state index contributed by atoms with van der Waals surface area (Å²) < 4.78 is 5.48. The SMILES string of the molecule is C[C@@]1(N(C(=O)O)[C@@H]2CC[C@H](c3cc(Nc4cnc(C#N)cn4)[nH]n3)C2)CCOC1. The van der Waals surface area contributed by atoms with Crippen LogP contribution in [0.2, 0.25) is 0 Å². The molecule has 29 heavy (non-hydrogen) atoms. The molecule has 2 aliphatic rings. The maximum absolute atomic E-state index is 12.0. The third-order valence-corrected chi connectivity index (χ3v) is 5.80. The van der Waals surface area contributed by atoms with Crippen LogP contribution in [0.3, 0.4) is 0 Å². The van der Waals surface area contributed by atoms with Crippen LogP contribution in [0.5, 0.6) is 0 Å². The second-order valence-electron chi connectivity index (χ2n) is 7.85. The van der Waals surface area contributed by atoms with E-state index in [1.165, 1.54) is 12.4 Å². The fourth-order valence-corrected chi connectivity index (χ4v) is 4.33. The zero-order valence-electron chi connectivity index (χ0n) is 16.1. The normalized spacial score (nSPS) is 26.2. The van der Waals surface area contributed by atoms with E-state index >= 15 is 0 Å². The Morgan fingerprint density at radius 1 is 1.45 bits per heavy atom. The predicted octanol–water partition coefficient (Wildman–Crippen LogP) is 2.61. The Morgan fingerprint density at radius 2 is 2.31 bits per heavy atom. The molecule has 0 unspecified atom stereocenters. The number of H-pyrrole nitrogens is 1. The van der Waals surface area contributed by atoms with Crippen LogP contribution in [0.25, 0.3) is 0 Å². The van der Waals surface area contributed by atoms with Crippen molar-refractivity contribution in [2.24, 2.45) is 0 Å². The summed E-state index contributed by atoms with van der Waals surface area (Å²) >= 11 is 0. The first-order valence-corrected chi connectivity index (χ1v) is 9.63. The van der Waals surface area contributed by atoms with E-state index in [9.17, 15) is 9.90 Å². The number of hydrogen-bond acceptors (Lipinski definition) is 7. The van der Waals surface area contributed by atoms with Crippen molar-refractivity contribution in [2.45, 2.75) is 50.1 Å². The Bertz CT molecular complexity index is 915. The van der Waals surface area contributed by atoms with E-state index in [2.05, 4.69) is 25.5 Å². The highest BCUT2D eigenvalue weighted by Gasteiger charge is 2.45. The number of nitrogens with zero attached hydrogens (tertiary/aromatic N) is 5. The lowest BCUT2D eigenvalue weighted by atomic mass is 9.96. The van der Waals surface area contributed by atoms with Crippen LogP contribution in [0, 0.1) is 11.3 Å². The summed E-state index contributed by atoms with van der Waals surface area (Å²) in [4.78, 5) is 21.7. The maximum Gasteiger partial charge on any atom is 0.408 e. The lowest BCUT2D eigenvalue weighted by Crippen LogP contribution is -2.54. The van der Waals surface area contributed by atoms with Crippen LogP contribution >= 0.6 is 0 Å². The third-order valence-electron chi connectivity index (χ3n) is 5.80. The van der Waals surface area contributed by atoms with Crippen molar-refractivity contribution in [3.8, 4) is 6.07 Å². The Morgan fingerprint density at radius 3 is 2.97 bits per heavy atom. The average Bonchev–Trinajstić information content (AvgIpc) is 3.44. The van der Waals surface area contributed by atoms with E-state index in [1.807, 2.05) is 19.1 Å².